The zero-order chi connectivity index (χ0) is 14.1. The highest BCUT2D eigenvalue weighted by Crippen LogP contribution is 2.55. The van der Waals surface area contributed by atoms with E-state index >= 15 is 0 Å². The first-order valence-electron chi connectivity index (χ1n) is 7.28. The van der Waals surface area contributed by atoms with Crippen LogP contribution in [0.5, 0.6) is 5.75 Å². The van der Waals surface area contributed by atoms with Crippen LogP contribution < -0.4 is 10.1 Å². The molecule has 0 saturated heterocycles. The smallest absolute Gasteiger partial charge is 0.122 e. The van der Waals surface area contributed by atoms with E-state index in [-0.39, 0.29) is 0 Å². The fourth-order valence-corrected chi connectivity index (χ4v) is 3.73. The van der Waals surface area contributed by atoms with Gasteiger partial charge in [0.2, 0.25) is 0 Å². The highest BCUT2D eigenvalue weighted by molar-refractivity contribution is 5.42. The Hall–Kier alpha value is -1.02. The van der Waals surface area contributed by atoms with Crippen molar-refractivity contribution in [3.8, 4) is 5.75 Å². The van der Waals surface area contributed by atoms with E-state index in [0.717, 1.165) is 18.8 Å². The van der Waals surface area contributed by atoms with Crippen LogP contribution in [-0.4, -0.2) is 20.2 Å². The molecule has 1 aromatic rings. The van der Waals surface area contributed by atoms with Crippen LogP contribution in [0, 0.1) is 12.3 Å². The molecular weight excluding hydrogens is 234 g/mol. The Morgan fingerprint density at radius 2 is 1.95 bits per heavy atom. The minimum Gasteiger partial charge on any atom is -0.496 e. The van der Waals surface area contributed by atoms with Crippen molar-refractivity contribution in [2.75, 3.05) is 20.2 Å². The largest absolute Gasteiger partial charge is 0.496 e. The van der Waals surface area contributed by atoms with Crippen molar-refractivity contribution in [2.24, 2.45) is 5.41 Å². The Kier molecular flexibility index (Phi) is 3.91. The molecule has 106 valence electrons. The molecule has 1 N–H and O–H groups in total. The van der Waals surface area contributed by atoms with Gasteiger partial charge in [0.15, 0.2) is 0 Å². The number of hydrogen-bond acceptors (Lipinski definition) is 2. The third-order valence-corrected chi connectivity index (χ3v) is 4.37. The van der Waals surface area contributed by atoms with E-state index in [0.29, 0.717) is 10.8 Å². The number of hydrogen-bond donors (Lipinski definition) is 1. The summed E-state index contributed by atoms with van der Waals surface area (Å²) in [4.78, 5) is 0. The fourth-order valence-electron chi connectivity index (χ4n) is 3.73. The third kappa shape index (κ3) is 2.79. The molecule has 0 radical (unpaired) electrons. The molecule has 19 heavy (non-hydrogen) atoms. The second kappa shape index (κ2) is 5.16. The summed E-state index contributed by atoms with van der Waals surface area (Å²) in [6, 6.07) is 6.71. The Bertz CT molecular complexity index is 443. The summed E-state index contributed by atoms with van der Waals surface area (Å²) < 4.78 is 5.49. The van der Waals surface area contributed by atoms with Crippen LogP contribution in [0.2, 0.25) is 0 Å². The van der Waals surface area contributed by atoms with Gasteiger partial charge in [-0.1, -0.05) is 32.9 Å². The zero-order valence-corrected chi connectivity index (χ0v) is 13.0. The molecule has 2 rings (SSSR count). The van der Waals surface area contributed by atoms with Gasteiger partial charge in [-0.25, -0.2) is 0 Å². The average molecular weight is 261 g/mol. The van der Waals surface area contributed by atoms with Crippen LogP contribution >= 0.6 is 0 Å². The van der Waals surface area contributed by atoms with Crippen molar-refractivity contribution in [1.82, 2.24) is 5.32 Å². The summed E-state index contributed by atoms with van der Waals surface area (Å²) in [5.74, 6) is 1.01. The standard InChI is InChI=1S/C17H27NO/c1-6-18-12-17(10-16(3,4)11-17)14-8-7-13(2)15(9-14)19-5/h7-9,18H,6,10-12H2,1-5H3. The molecule has 0 atom stereocenters. The van der Waals surface area contributed by atoms with Crippen LogP contribution in [0.15, 0.2) is 18.2 Å². The van der Waals surface area contributed by atoms with E-state index in [9.17, 15) is 0 Å². The third-order valence-electron chi connectivity index (χ3n) is 4.37. The number of ether oxygens (including phenoxy) is 1. The van der Waals surface area contributed by atoms with E-state index in [2.05, 4.69) is 51.2 Å². The van der Waals surface area contributed by atoms with E-state index in [1.54, 1.807) is 7.11 Å². The Labute approximate surface area is 117 Å². The van der Waals surface area contributed by atoms with Crippen LogP contribution in [0.1, 0.15) is 44.7 Å². The number of nitrogens with one attached hydrogen (secondary N) is 1. The summed E-state index contributed by atoms with van der Waals surface area (Å²) in [6.45, 7) is 11.1. The van der Waals surface area contributed by atoms with Gasteiger partial charge in [0.25, 0.3) is 0 Å². The van der Waals surface area contributed by atoms with Crippen molar-refractivity contribution in [3.63, 3.8) is 0 Å². The van der Waals surface area contributed by atoms with Gasteiger partial charge in [-0.15, -0.1) is 0 Å². The van der Waals surface area contributed by atoms with Crippen LogP contribution in [0.25, 0.3) is 0 Å². The number of benzene rings is 1. The molecular formula is C17H27NO. The average Bonchev–Trinajstić information content (AvgIpc) is 2.34. The van der Waals surface area contributed by atoms with Crippen molar-refractivity contribution in [1.29, 1.82) is 0 Å². The molecule has 1 aliphatic rings. The molecule has 0 unspecified atom stereocenters. The van der Waals surface area contributed by atoms with Crippen LogP contribution in [0.4, 0.5) is 0 Å². The predicted octanol–water partition coefficient (Wildman–Crippen LogP) is 3.67. The summed E-state index contributed by atoms with van der Waals surface area (Å²) in [5.41, 5.74) is 3.40. The van der Waals surface area contributed by atoms with Gasteiger partial charge in [0.05, 0.1) is 7.11 Å². The van der Waals surface area contributed by atoms with Crippen molar-refractivity contribution >= 4 is 0 Å². The number of likely N-dealkylation sites (N-methyl/N-ethyl adjacent to an activating group) is 1. The zero-order valence-electron chi connectivity index (χ0n) is 13.0. The van der Waals surface area contributed by atoms with E-state index < -0.39 is 0 Å². The summed E-state index contributed by atoms with van der Waals surface area (Å²) in [5, 5.41) is 3.54. The Morgan fingerprint density at radius 1 is 1.26 bits per heavy atom. The van der Waals surface area contributed by atoms with E-state index in [4.69, 9.17) is 4.74 Å². The van der Waals surface area contributed by atoms with E-state index in [1.807, 2.05) is 0 Å². The first-order valence-corrected chi connectivity index (χ1v) is 7.28. The first kappa shape index (κ1) is 14.4. The van der Waals surface area contributed by atoms with Gasteiger partial charge in [-0.2, -0.15) is 0 Å². The quantitative estimate of drug-likeness (QED) is 0.873. The predicted molar refractivity (Wildman–Crippen MR) is 81.0 cm³/mol. The molecule has 0 aliphatic heterocycles. The number of methoxy groups -OCH3 is 1. The highest BCUT2D eigenvalue weighted by atomic mass is 16.5. The molecule has 0 aromatic heterocycles. The molecule has 0 spiro atoms. The van der Waals surface area contributed by atoms with Gasteiger partial charge in [0.1, 0.15) is 5.75 Å². The molecule has 1 fully saturated rings. The van der Waals surface area contributed by atoms with Crippen LogP contribution in [-0.2, 0) is 5.41 Å². The molecule has 2 heteroatoms. The van der Waals surface area contributed by atoms with Gasteiger partial charge >= 0.3 is 0 Å². The lowest BCUT2D eigenvalue weighted by atomic mass is 9.52. The fraction of sp³-hybridized carbons (Fsp3) is 0.647. The minimum absolute atomic E-state index is 0.292. The topological polar surface area (TPSA) is 21.3 Å². The molecule has 1 saturated carbocycles. The normalized spacial score (nSPS) is 19.8. The van der Waals surface area contributed by atoms with Gasteiger partial charge in [-0.3, -0.25) is 0 Å². The summed E-state index contributed by atoms with van der Waals surface area (Å²) in [6.07, 6.45) is 2.50. The lowest BCUT2D eigenvalue weighted by Crippen LogP contribution is -2.52. The van der Waals surface area contributed by atoms with E-state index in [1.165, 1.54) is 24.0 Å². The maximum Gasteiger partial charge on any atom is 0.122 e. The van der Waals surface area contributed by atoms with Crippen molar-refractivity contribution in [3.05, 3.63) is 29.3 Å². The number of rotatable bonds is 5. The minimum atomic E-state index is 0.292. The van der Waals surface area contributed by atoms with Gasteiger partial charge in [-0.05, 0) is 48.9 Å². The molecule has 0 amide bonds. The second-order valence-corrected chi connectivity index (χ2v) is 6.76. The molecule has 0 heterocycles. The van der Waals surface area contributed by atoms with Gasteiger partial charge in [0, 0.05) is 12.0 Å². The Balaban J connectivity index is 2.29. The second-order valence-electron chi connectivity index (χ2n) is 6.76. The molecule has 2 nitrogen and oxygen atoms in total. The molecule has 1 aliphatic carbocycles. The maximum atomic E-state index is 5.49. The van der Waals surface area contributed by atoms with Gasteiger partial charge < -0.3 is 10.1 Å². The summed E-state index contributed by atoms with van der Waals surface area (Å²) >= 11 is 0. The monoisotopic (exact) mass is 261 g/mol. The van der Waals surface area contributed by atoms with Crippen molar-refractivity contribution in [2.45, 2.75) is 46.0 Å². The highest BCUT2D eigenvalue weighted by Gasteiger charge is 2.49. The first-order chi connectivity index (χ1) is 8.92. The number of aryl methyl sites for hydroxylation is 1. The SMILES string of the molecule is CCNCC1(c2ccc(C)c(OC)c2)CC(C)(C)C1. The Morgan fingerprint density at radius 3 is 2.47 bits per heavy atom. The summed E-state index contributed by atoms with van der Waals surface area (Å²) in [7, 11) is 1.76. The van der Waals surface area contributed by atoms with Crippen molar-refractivity contribution < 1.29 is 4.74 Å². The molecule has 1 aromatic carbocycles. The molecule has 0 bridgehead atoms. The maximum absolute atomic E-state index is 5.49. The lowest BCUT2D eigenvalue weighted by Gasteiger charge is -2.54. The van der Waals surface area contributed by atoms with Crippen LogP contribution in [0.3, 0.4) is 0 Å². The lowest BCUT2D eigenvalue weighted by molar-refractivity contribution is 0.0565.